The number of anilines is 1. The van der Waals surface area contributed by atoms with E-state index in [9.17, 15) is 14.4 Å². The first-order valence-electron chi connectivity index (χ1n) is 21.8. The van der Waals surface area contributed by atoms with E-state index in [4.69, 9.17) is 30.5 Å². The van der Waals surface area contributed by atoms with Crippen molar-refractivity contribution < 1.29 is 34.2 Å². The average molecular weight is 1230 g/mol. The summed E-state index contributed by atoms with van der Waals surface area (Å²) < 4.78 is 5.99. The maximum absolute atomic E-state index is 12.1. The Balaban J connectivity index is 0.000000197. The first-order chi connectivity index (χ1) is 34.6. The van der Waals surface area contributed by atoms with Crippen molar-refractivity contribution in [2.45, 2.75) is 13.8 Å². The number of hydrogen-bond acceptors (Lipinski definition) is 8. The molecule has 1 aliphatic carbocycles. The third-order valence-corrected chi connectivity index (χ3v) is 12.3. The molecule has 0 saturated carbocycles. The van der Waals surface area contributed by atoms with Gasteiger partial charge in [-0.15, -0.1) is 0 Å². The second-order valence-electron chi connectivity index (χ2n) is 15.6. The van der Waals surface area contributed by atoms with Crippen molar-refractivity contribution in [2.24, 2.45) is 0 Å². The Morgan fingerprint density at radius 3 is 1.32 bits per heavy atom. The quantitative estimate of drug-likeness (QED) is 0.0570. The second-order valence-corrected chi connectivity index (χ2v) is 19.2. The molecule has 0 spiro atoms. The Kier molecular flexibility index (Phi) is 20.8. The molecule has 73 heavy (non-hydrogen) atoms. The van der Waals surface area contributed by atoms with Crippen molar-refractivity contribution in [1.82, 2.24) is 15.7 Å². The van der Waals surface area contributed by atoms with E-state index in [1.807, 2.05) is 84.9 Å². The van der Waals surface area contributed by atoms with Gasteiger partial charge in [0.15, 0.2) is 0 Å². The number of rotatable bonds is 3. The van der Waals surface area contributed by atoms with Crippen LogP contribution in [0.5, 0.6) is 0 Å². The van der Waals surface area contributed by atoms with Gasteiger partial charge in [-0.2, -0.15) is 0 Å². The van der Waals surface area contributed by atoms with E-state index in [1.54, 1.807) is 24.3 Å². The molecule has 0 amide bonds. The number of aldehydes is 1. The Morgan fingerprint density at radius 1 is 0.507 bits per heavy atom. The van der Waals surface area contributed by atoms with E-state index in [0.29, 0.717) is 11.1 Å². The van der Waals surface area contributed by atoms with Crippen LogP contribution in [-0.4, -0.2) is 49.6 Å². The van der Waals surface area contributed by atoms with Gasteiger partial charge in [0.1, 0.15) is 12.1 Å². The number of aromatic nitrogens is 2. The molecule has 10 aromatic rings. The van der Waals surface area contributed by atoms with E-state index in [0.717, 1.165) is 93.9 Å². The van der Waals surface area contributed by atoms with Gasteiger partial charge in [0.05, 0.1) is 11.0 Å². The molecule has 1 aliphatic rings. The van der Waals surface area contributed by atoms with Crippen LogP contribution in [0.25, 0.3) is 60.8 Å². The topological polar surface area (TPSA) is 205 Å². The molecule has 1 aromatic heterocycles. The summed E-state index contributed by atoms with van der Waals surface area (Å²) in [5, 5.41) is 19.6. The van der Waals surface area contributed by atoms with Crippen LogP contribution in [0.2, 0.25) is 0 Å². The zero-order valence-corrected chi connectivity index (χ0v) is 45.5. The minimum atomic E-state index is -0.833. The molecule has 7 N–H and O–H groups in total. The number of ketones is 2. The number of benzene rings is 9. The smallest absolute Gasteiger partial charge is 0.300 e. The van der Waals surface area contributed by atoms with Crippen LogP contribution in [0, 0.1) is 0 Å². The number of nitrogen functional groups attached to an aromatic ring is 1. The van der Waals surface area contributed by atoms with Crippen LogP contribution in [0.3, 0.4) is 0 Å². The molecule has 0 bridgehead atoms. The highest BCUT2D eigenvalue weighted by atomic mass is 79.9. The van der Waals surface area contributed by atoms with Crippen molar-refractivity contribution in [2.75, 3.05) is 5.73 Å². The Morgan fingerprint density at radius 2 is 0.890 bits per heavy atom. The summed E-state index contributed by atoms with van der Waals surface area (Å²) in [6.07, 6.45) is 0.833. The minimum Gasteiger partial charge on any atom is -0.481 e. The molecule has 0 atom stereocenters. The highest BCUT2D eigenvalue weighted by Crippen LogP contribution is 2.41. The fraction of sp³-hybridized carbons (Fsp3) is 0.0345. The summed E-state index contributed by atoms with van der Waals surface area (Å²) in [6.45, 7) is 2.17. The van der Waals surface area contributed by atoms with E-state index < -0.39 is 23.5 Å². The predicted molar refractivity (Wildman–Crippen MR) is 307 cm³/mol. The third-order valence-electron chi connectivity index (χ3n) is 10.4. The van der Waals surface area contributed by atoms with Crippen LogP contribution < -0.4 is 11.9 Å². The maximum Gasteiger partial charge on any atom is 0.300 e. The summed E-state index contributed by atoms with van der Waals surface area (Å²) in [6, 6.07) is 63.3. The summed E-state index contributed by atoms with van der Waals surface area (Å²) in [4.78, 5) is 57.4. The van der Waals surface area contributed by atoms with Gasteiger partial charge >= 0.3 is 0 Å². The van der Waals surface area contributed by atoms with Gasteiger partial charge in [0.2, 0.25) is 11.6 Å². The first-order valence-corrected chi connectivity index (χ1v) is 25.0. The number of carbonyl (C=O) groups is 5. The van der Waals surface area contributed by atoms with Crippen LogP contribution >= 0.6 is 63.7 Å². The van der Waals surface area contributed by atoms with E-state index in [-0.39, 0.29) is 6.15 Å². The molecule has 11 rings (SSSR count). The van der Waals surface area contributed by atoms with Crippen molar-refractivity contribution in [3.8, 4) is 28.2 Å². The maximum atomic E-state index is 12.1. The summed E-state index contributed by atoms with van der Waals surface area (Å²) in [7, 11) is 0. The van der Waals surface area contributed by atoms with Crippen LogP contribution in [0.1, 0.15) is 44.9 Å². The Labute approximate surface area is 454 Å². The molecule has 1 heterocycles. The minimum absolute atomic E-state index is 0. The monoisotopic (exact) mass is 1230 g/mol. The number of hydrogen-bond donors (Lipinski definition) is 4. The van der Waals surface area contributed by atoms with Crippen molar-refractivity contribution in [3.63, 3.8) is 0 Å². The second kappa shape index (κ2) is 26.9. The van der Waals surface area contributed by atoms with Gasteiger partial charge in [-0.05, 0) is 94.7 Å². The lowest BCUT2D eigenvalue weighted by atomic mass is 9.84. The summed E-state index contributed by atoms with van der Waals surface area (Å²) in [5.74, 6) is -1.62. The first kappa shape index (κ1) is 56.5. The third kappa shape index (κ3) is 14.8. The summed E-state index contributed by atoms with van der Waals surface area (Å²) >= 11 is 14.0. The molecule has 9 aromatic carbocycles. The molecule has 0 fully saturated rings. The molecule has 0 aliphatic heterocycles. The molecule has 0 saturated heterocycles. The number of para-hydroxylation sites is 2. The lowest BCUT2D eigenvalue weighted by Gasteiger charge is -2.18. The van der Waals surface area contributed by atoms with Crippen LogP contribution in [-0.2, 0) is 9.59 Å². The Hall–Kier alpha value is -7.40. The van der Waals surface area contributed by atoms with Crippen LogP contribution in [0.15, 0.2) is 212 Å². The highest BCUT2D eigenvalue weighted by Gasteiger charge is 2.30. The van der Waals surface area contributed by atoms with Crippen LogP contribution in [0.4, 0.5) is 5.69 Å². The number of fused-ring (bicyclic) bond motifs is 9. The van der Waals surface area contributed by atoms with E-state index >= 15 is 0 Å². The van der Waals surface area contributed by atoms with Crippen molar-refractivity contribution in [3.05, 3.63) is 229 Å². The molecular weight excluding hydrogens is 1180 g/mol. The number of carbonyl (C=O) groups excluding carboxylic acids is 3. The molecule has 0 unspecified atom stereocenters. The number of halogens is 4. The van der Waals surface area contributed by atoms with Gasteiger partial charge in [0, 0.05) is 76.1 Å². The molecule has 11 nitrogen and oxygen atoms in total. The lowest BCUT2D eigenvalue weighted by molar-refractivity contribution is -0.135. The summed E-state index contributed by atoms with van der Waals surface area (Å²) in [5.41, 5.74) is 13.8. The van der Waals surface area contributed by atoms with E-state index in [1.165, 1.54) is 16.2 Å². The van der Waals surface area contributed by atoms with E-state index in [2.05, 4.69) is 153 Å². The largest absolute Gasteiger partial charge is 0.481 e. The normalized spacial score (nSPS) is 10.6. The molecule has 15 heteroatoms. The average Bonchev–Trinajstić information content (AvgIpc) is 3.79. The zero-order valence-electron chi connectivity index (χ0n) is 39.2. The van der Waals surface area contributed by atoms with Gasteiger partial charge < -0.3 is 22.1 Å². The SMILES string of the molecule is Brc1ccc2c3ccc(Br)cc3c3c(nc(-c4ccccc4)n3-c3ccccc3)c2c1.CC(=O)O.CC(=O)O.N.Nc1ccccc1.O=C1C(=O)c2cc(Br)ccc2-c2ccc(Br)cc21.O=Cc1ccccc1. The van der Waals surface area contributed by atoms with Gasteiger partial charge in [-0.1, -0.05) is 185 Å². The number of Topliss-reactive ketones (excluding diaryl/α,β-unsaturated/α-hetero) is 2. The number of aliphatic carboxylic acids is 2. The fourth-order valence-corrected chi connectivity index (χ4v) is 8.91. The Bertz CT molecular complexity index is 3480. The standard InChI is InChI=1S/C27H16Br2N2.C14H6Br2O2.C7H6O.C6H7N.2C2H4O2.H3N/c28-18-11-13-21-22-14-12-19(29)16-24(22)26-25(23(21)15-18)30-27(17-7-3-1-4-8-17)31(26)20-9-5-2-6-10-20;15-7-1-3-9-10-4-2-8(16)6-12(10)14(18)13(17)11(9)5-7;8-6-7-4-2-1-3-5-7;7-6-4-2-1-3-5-6;2*1-2(3)4;/h1-16H;1-6H;1-6H;1-5H,7H2;2*1H3,(H,3,4);1H3. The molecule has 0 radical (unpaired) electrons. The van der Waals surface area contributed by atoms with Gasteiger partial charge in [-0.25, -0.2) is 4.98 Å². The number of carboxylic acids is 2. The fourth-order valence-electron chi connectivity index (χ4n) is 7.47. The highest BCUT2D eigenvalue weighted by molar-refractivity contribution is 9.11. The molecular formula is C58H46Br4N4O7. The molecule has 368 valence electrons. The predicted octanol–water partition coefficient (Wildman–Crippen LogP) is 15.9. The van der Waals surface area contributed by atoms with Gasteiger partial charge in [-0.3, -0.25) is 28.5 Å². The number of nitrogens with zero attached hydrogens (tertiary/aromatic N) is 2. The number of nitrogens with two attached hydrogens (primary N) is 1. The van der Waals surface area contributed by atoms with Crippen molar-refractivity contribution in [1.29, 1.82) is 0 Å². The zero-order chi connectivity index (χ0) is 51.9. The van der Waals surface area contributed by atoms with Gasteiger partial charge in [0.25, 0.3) is 11.9 Å². The number of imidazole rings is 1. The van der Waals surface area contributed by atoms with Crippen molar-refractivity contribution >= 4 is 132 Å². The number of carboxylic acid groups (broad SMARTS) is 2. The lowest BCUT2D eigenvalue weighted by Crippen LogP contribution is -2.21.